The number of hydrogen-bond acceptors (Lipinski definition) is 4. The number of benzene rings is 1. The number of guanidine groups is 1. The lowest BCUT2D eigenvalue weighted by molar-refractivity contribution is 0.194. The molecular formula is C25H34IN7. The Morgan fingerprint density at radius 2 is 1.82 bits per heavy atom. The van der Waals surface area contributed by atoms with E-state index in [4.69, 9.17) is 4.99 Å². The van der Waals surface area contributed by atoms with Crippen molar-refractivity contribution < 1.29 is 0 Å². The molecule has 176 valence electrons. The fraction of sp³-hybridized carbons (Fsp3) is 0.400. The summed E-state index contributed by atoms with van der Waals surface area (Å²) in [6.45, 7) is 8.88. The highest BCUT2D eigenvalue weighted by Gasteiger charge is 2.18. The first-order valence-corrected chi connectivity index (χ1v) is 11.6. The van der Waals surface area contributed by atoms with Crippen LogP contribution in [0.4, 0.5) is 0 Å². The van der Waals surface area contributed by atoms with Crippen molar-refractivity contribution in [1.29, 1.82) is 0 Å². The molecule has 0 aliphatic carbocycles. The molecule has 1 aromatic carbocycles. The molecule has 3 aromatic rings. The molecule has 8 heteroatoms. The van der Waals surface area contributed by atoms with Gasteiger partial charge in [0.1, 0.15) is 5.82 Å². The van der Waals surface area contributed by atoms with Crippen LogP contribution >= 0.6 is 24.0 Å². The second kappa shape index (κ2) is 13.3. The molecule has 0 saturated carbocycles. The molecule has 1 aliphatic rings. The molecule has 0 atom stereocenters. The fourth-order valence-electron chi connectivity index (χ4n) is 3.95. The number of aryl methyl sites for hydroxylation is 1. The van der Waals surface area contributed by atoms with Crippen molar-refractivity contribution in [2.75, 3.05) is 45.8 Å². The van der Waals surface area contributed by atoms with Gasteiger partial charge in [-0.15, -0.1) is 34.2 Å². The number of hydrogen-bond donors (Lipinski definition) is 1. The van der Waals surface area contributed by atoms with E-state index < -0.39 is 0 Å². The molecule has 3 heterocycles. The summed E-state index contributed by atoms with van der Waals surface area (Å²) >= 11 is 0. The first-order valence-electron chi connectivity index (χ1n) is 11.6. The van der Waals surface area contributed by atoms with Crippen molar-refractivity contribution >= 4 is 41.7 Å². The predicted molar refractivity (Wildman–Crippen MR) is 146 cm³/mol. The topological polar surface area (TPSA) is 61.1 Å². The minimum atomic E-state index is 0. The zero-order chi connectivity index (χ0) is 22.0. The molecule has 1 aliphatic heterocycles. The van der Waals surface area contributed by atoms with E-state index in [9.17, 15) is 0 Å². The molecule has 2 aromatic heterocycles. The molecule has 1 saturated heterocycles. The van der Waals surface area contributed by atoms with Gasteiger partial charge in [0, 0.05) is 58.4 Å². The molecule has 4 rings (SSSR count). The number of halogens is 1. The Morgan fingerprint density at radius 1 is 1.03 bits per heavy atom. The van der Waals surface area contributed by atoms with Gasteiger partial charge in [0.15, 0.2) is 11.6 Å². The lowest BCUT2D eigenvalue weighted by Crippen LogP contribution is -2.52. The summed E-state index contributed by atoms with van der Waals surface area (Å²) in [5.74, 6) is 2.02. The number of piperazine rings is 1. The van der Waals surface area contributed by atoms with Gasteiger partial charge in [-0.1, -0.05) is 48.6 Å². The van der Waals surface area contributed by atoms with E-state index in [0.717, 1.165) is 76.1 Å². The molecule has 0 bridgehead atoms. The summed E-state index contributed by atoms with van der Waals surface area (Å²) in [5, 5.41) is 12.0. The third-order valence-electron chi connectivity index (χ3n) is 5.68. The van der Waals surface area contributed by atoms with E-state index >= 15 is 0 Å². The maximum atomic E-state index is 4.89. The van der Waals surface area contributed by atoms with Crippen LogP contribution in [-0.2, 0) is 6.42 Å². The number of nitrogens with zero attached hydrogens (tertiary/aromatic N) is 6. The first kappa shape index (κ1) is 25.2. The Bertz CT molecular complexity index is 1020. The van der Waals surface area contributed by atoms with Gasteiger partial charge in [0.25, 0.3) is 0 Å². The Hall–Kier alpha value is -2.46. The van der Waals surface area contributed by atoms with Crippen LogP contribution in [0.25, 0.3) is 11.7 Å². The minimum absolute atomic E-state index is 0. The van der Waals surface area contributed by atoms with Crippen molar-refractivity contribution in [2.45, 2.75) is 19.8 Å². The molecule has 33 heavy (non-hydrogen) atoms. The molecule has 0 unspecified atom stereocenters. The molecule has 1 N–H and O–H groups in total. The maximum absolute atomic E-state index is 4.89. The standard InChI is InChI=1S/C25H33N7.HI/c1-2-26-25(27-15-8-14-24-29-28-23-13-6-7-17-32(23)24)31-20-18-30(19-21-31)16-9-12-22-10-4-3-5-11-22;/h3-7,9-13,17H,2,8,14-16,18-21H2,1H3,(H,26,27);1H/b12-9+;. The Kier molecular flexibility index (Phi) is 10.1. The zero-order valence-corrected chi connectivity index (χ0v) is 21.6. The van der Waals surface area contributed by atoms with Gasteiger partial charge >= 0.3 is 0 Å². The van der Waals surface area contributed by atoms with Gasteiger partial charge in [-0.05, 0) is 31.0 Å². The number of aromatic nitrogens is 3. The van der Waals surface area contributed by atoms with E-state index in [2.05, 4.69) is 79.1 Å². The van der Waals surface area contributed by atoms with Crippen molar-refractivity contribution in [3.8, 4) is 0 Å². The maximum Gasteiger partial charge on any atom is 0.194 e. The first-order chi connectivity index (χ1) is 15.8. The summed E-state index contributed by atoms with van der Waals surface area (Å²) in [6.07, 6.45) is 8.31. The van der Waals surface area contributed by atoms with Crippen LogP contribution in [0.1, 0.15) is 24.7 Å². The molecule has 0 amide bonds. The van der Waals surface area contributed by atoms with Crippen LogP contribution in [0.2, 0.25) is 0 Å². The summed E-state index contributed by atoms with van der Waals surface area (Å²) < 4.78 is 2.06. The average molecular weight is 560 g/mol. The van der Waals surface area contributed by atoms with Gasteiger partial charge < -0.3 is 10.2 Å². The van der Waals surface area contributed by atoms with Crippen LogP contribution in [0, 0.1) is 0 Å². The van der Waals surface area contributed by atoms with Crippen molar-refractivity contribution in [3.63, 3.8) is 0 Å². The Morgan fingerprint density at radius 3 is 2.61 bits per heavy atom. The lowest BCUT2D eigenvalue weighted by atomic mass is 10.2. The predicted octanol–water partition coefficient (Wildman–Crippen LogP) is 3.58. The minimum Gasteiger partial charge on any atom is -0.357 e. The largest absolute Gasteiger partial charge is 0.357 e. The highest BCUT2D eigenvalue weighted by Crippen LogP contribution is 2.07. The van der Waals surface area contributed by atoms with Crippen LogP contribution in [-0.4, -0.2) is 76.2 Å². The smallest absolute Gasteiger partial charge is 0.194 e. The van der Waals surface area contributed by atoms with Crippen LogP contribution in [0.3, 0.4) is 0 Å². The lowest BCUT2D eigenvalue weighted by Gasteiger charge is -2.36. The van der Waals surface area contributed by atoms with Crippen LogP contribution in [0.5, 0.6) is 0 Å². The SMILES string of the molecule is CCNC(=NCCCc1nnc2ccccn12)N1CCN(C/C=C/c2ccccc2)CC1.I. The van der Waals surface area contributed by atoms with Crippen molar-refractivity contribution in [2.24, 2.45) is 4.99 Å². The molecule has 0 spiro atoms. The highest BCUT2D eigenvalue weighted by molar-refractivity contribution is 14.0. The Labute approximate surface area is 213 Å². The summed E-state index contributed by atoms with van der Waals surface area (Å²) in [7, 11) is 0. The van der Waals surface area contributed by atoms with Crippen LogP contribution < -0.4 is 5.32 Å². The molecule has 1 fully saturated rings. The highest BCUT2D eigenvalue weighted by atomic mass is 127. The fourth-order valence-corrected chi connectivity index (χ4v) is 3.95. The van der Waals surface area contributed by atoms with Gasteiger partial charge in [-0.3, -0.25) is 14.3 Å². The second-order valence-electron chi connectivity index (χ2n) is 7.98. The van der Waals surface area contributed by atoms with Gasteiger partial charge in [0.05, 0.1) is 0 Å². The molecule has 0 radical (unpaired) electrons. The summed E-state index contributed by atoms with van der Waals surface area (Å²) in [6, 6.07) is 16.5. The van der Waals surface area contributed by atoms with E-state index in [-0.39, 0.29) is 24.0 Å². The Balaban J connectivity index is 0.00000306. The number of nitrogens with one attached hydrogen (secondary N) is 1. The van der Waals surface area contributed by atoms with Crippen molar-refractivity contribution in [3.05, 3.63) is 72.2 Å². The second-order valence-corrected chi connectivity index (χ2v) is 7.98. The quantitative estimate of drug-likeness (QED) is 0.198. The third-order valence-corrected chi connectivity index (χ3v) is 5.68. The molecular weight excluding hydrogens is 525 g/mol. The van der Waals surface area contributed by atoms with Gasteiger partial charge in [-0.25, -0.2) is 0 Å². The van der Waals surface area contributed by atoms with Crippen molar-refractivity contribution in [1.82, 2.24) is 29.7 Å². The third kappa shape index (κ3) is 7.26. The van der Waals surface area contributed by atoms with E-state index in [0.29, 0.717) is 0 Å². The summed E-state index contributed by atoms with van der Waals surface area (Å²) in [4.78, 5) is 9.76. The molecule has 7 nitrogen and oxygen atoms in total. The number of aliphatic imine (C=N–C) groups is 1. The van der Waals surface area contributed by atoms with Gasteiger partial charge in [0.2, 0.25) is 0 Å². The number of pyridine rings is 1. The van der Waals surface area contributed by atoms with E-state index in [1.807, 2.05) is 24.4 Å². The van der Waals surface area contributed by atoms with E-state index in [1.165, 1.54) is 5.56 Å². The number of fused-ring (bicyclic) bond motifs is 1. The normalized spacial score (nSPS) is 15.2. The number of rotatable bonds is 8. The van der Waals surface area contributed by atoms with Gasteiger partial charge in [-0.2, -0.15) is 0 Å². The monoisotopic (exact) mass is 559 g/mol. The average Bonchev–Trinajstić information content (AvgIpc) is 3.25. The van der Waals surface area contributed by atoms with E-state index in [1.54, 1.807) is 0 Å². The zero-order valence-electron chi connectivity index (χ0n) is 19.3. The van der Waals surface area contributed by atoms with Crippen LogP contribution in [0.15, 0.2) is 65.8 Å². The summed E-state index contributed by atoms with van der Waals surface area (Å²) in [5.41, 5.74) is 2.16.